The summed E-state index contributed by atoms with van der Waals surface area (Å²) < 4.78 is 6.86. The quantitative estimate of drug-likeness (QED) is 0.667. The van der Waals surface area contributed by atoms with Crippen LogP contribution in [-0.4, -0.2) is 36.6 Å². The number of rotatable bonds is 6. The number of amides is 2. The highest BCUT2D eigenvalue weighted by atomic mass is 16.5. The number of nitrogens with zero attached hydrogens (tertiary/aromatic N) is 5. The van der Waals surface area contributed by atoms with E-state index < -0.39 is 0 Å². The number of pyridine rings is 1. The molecule has 1 aliphatic heterocycles. The maximum Gasteiger partial charge on any atom is 0.272 e. The SMILES string of the molecule is Cc1noc(C)c1CCC(=O)N1Cc2c(C(=O)NCc3cccnc3)nn(C)c2C1. The average Bonchev–Trinajstić information content (AvgIpc) is 3.41. The van der Waals surface area contributed by atoms with Crippen LogP contribution in [0.25, 0.3) is 0 Å². The summed E-state index contributed by atoms with van der Waals surface area (Å²) >= 11 is 0. The molecular formula is C21H24N6O3. The number of hydrogen-bond donors (Lipinski definition) is 1. The molecule has 0 fully saturated rings. The lowest BCUT2D eigenvalue weighted by Gasteiger charge is -2.16. The first-order valence-electron chi connectivity index (χ1n) is 9.85. The van der Waals surface area contributed by atoms with Crippen molar-refractivity contribution in [1.82, 2.24) is 30.1 Å². The Morgan fingerprint density at radius 1 is 1.27 bits per heavy atom. The van der Waals surface area contributed by atoms with Gasteiger partial charge < -0.3 is 14.7 Å². The zero-order valence-electron chi connectivity index (χ0n) is 17.3. The second-order valence-electron chi connectivity index (χ2n) is 7.49. The predicted octanol–water partition coefficient (Wildman–Crippen LogP) is 1.82. The predicted molar refractivity (Wildman–Crippen MR) is 107 cm³/mol. The van der Waals surface area contributed by atoms with Crippen molar-refractivity contribution in [2.24, 2.45) is 7.05 Å². The van der Waals surface area contributed by atoms with Crippen LogP contribution in [0.4, 0.5) is 0 Å². The van der Waals surface area contributed by atoms with Gasteiger partial charge in [-0.05, 0) is 31.9 Å². The molecule has 1 aliphatic rings. The Bertz CT molecular complexity index is 1070. The lowest BCUT2D eigenvalue weighted by Crippen LogP contribution is -2.28. The highest BCUT2D eigenvalue weighted by Gasteiger charge is 2.32. The number of nitrogens with one attached hydrogen (secondary N) is 1. The molecule has 30 heavy (non-hydrogen) atoms. The van der Waals surface area contributed by atoms with Gasteiger partial charge >= 0.3 is 0 Å². The largest absolute Gasteiger partial charge is 0.361 e. The molecule has 0 unspecified atom stereocenters. The second-order valence-corrected chi connectivity index (χ2v) is 7.49. The van der Waals surface area contributed by atoms with Crippen LogP contribution in [0.5, 0.6) is 0 Å². The van der Waals surface area contributed by atoms with Gasteiger partial charge in [-0.1, -0.05) is 11.2 Å². The van der Waals surface area contributed by atoms with E-state index in [0.29, 0.717) is 38.2 Å². The van der Waals surface area contributed by atoms with Crippen molar-refractivity contribution in [3.05, 3.63) is 64.1 Å². The fourth-order valence-corrected chi connectivity index (χ4v) is 3.77. The van der Waals surface area contributed by atoms with E-state index in [1.165, 1.54) is 0 Å². The van der Waals surface area contributed by atoms with E-state index in [-0.39, 0.29) is 11.8 Å². The van der Waals surface area contributed by atoms with Crippen molar-refractivity contribution in [3.8, 4) is 0 Å². The number of fused-ring (bicyclic) bond motifs is 1. The summed E-state index contributed by atoms with van der Waals surface area (Å²) in [5.74, 6) is 0.537. The Morgan fingerprint density at radius 3 is 2.80 bits per heavy atom. The lowest BCUT2D eigenvalue weighted by atomic mass is 10.1. The minimum absolute atomic E-state index is 0.0351. The smallest absolute Gasteiger partial charge is 0.272 e. The third-order valence-corrected chi connectivity index (χ3v) is 5.48. The highest BCUT2D eigenvalue weighted by Crippen LogP contribution is 2.27. The van der Waals surface area contributed by atoms with E-state index in [9.17, 15) is 9.59 Å². The molecule has 0 atom stereocenters. The minimum Gasteiger partial charge on any atom is -0.361 e. The van der Waals surface area contributed by atoms with Gasteiger partial charge in [0.2, 0.25) is 5.91 Å². The van der Waals surface area contributed by atoms with Gasteiger partial charge in [0.05, 0.1) is 24.5 Å². The zero-order valence-corrected chi connectivity index (χ0v) is 17.3. The second kappa shape index (κ2) is 8.10. The van der Waals surface area contributed by atoms with Crippen LogP contribution in [0.2, 0.25) is 0 Å². The first-order valence-corrected chi connectivity index (χ1v) is 9.85. The third kappa shape index (κ3) is 3.83. The van der Waals surface area contributed by atoms with Gasteiger partial charge in [-0.15, -0.1) is 0 Å². The minimum atomic E-state index is -0.249. The number of carbonyl (C=O) groups excluding carboxylic acids is 2. The standard InChI is InChI=1S/C21H24N6O3/c1-13-16(14(2)30-25-13)6-7-19(28)27-11-17-18(12-27)26(3)24-20(17)21(29)23-10-15-5-4-8-22-9-15/h4-5,8-9H,6-7,10-12H2,1-3H3,(H,23,29). The zero-order chi connectivity index (χ0) is 21.3. The number of carbonyl (C=O) groups is 2. The van der Waals surface area contributed by atoms with Crippen molar-refractivity contribution in [2.45, 2.75) is 46.3 Å². The molecule has 0 aliphatic carbocycles. The Labute approximate surface area is 174 Å². The third-order valence-electron chi connectivity index (χ3n) is 5.48. The monoisotopic (exact) mass is 408 g/mol. The summed E-state index contributed by atoms with van der Waals surface area (Å²) in [5, 5.41) is 11.2. The molecule has 0 saturated heterocycles. The maximum absolute atomic E-state index is 12.8. The molecule has 0 saturated carbocycles. The van der Waals surface area contributed by atoms with E-state index in [4.69, 9.17) is 4.52 Å². The summed E-state index contributed by atoms with van der Waals surface area (Å²) in [6, 6.07) is 3.72. The molecule has 4 heterocycles. The molecule has 0 bridgehead atoms. The van der Waals surface area contributed by atoms with Crippen LogP contribution >= 0.6 is 0 Å². The molecule has 9 heteroatoms. The van der Waals surface area contributed by atoms with Gasteiger partial charge in [-0.25, -0.2) is 0 Å². The van der Waals surface area contributed by atoms with Gasteiger partial charge in [0, 0.05) is 43.5 Å². The van der Waals surface area contributed by atoms with Gasteiger partial charge in [-0.3, -0.25) is 19.3 Å². The molecule has 156 valence electrons. The first kappa shape index (κ1) is 19.8. The molecule has 3 aromatic rings. The van der Waals surface area contributed by atoms with Crippen LogP contribution in [-0.2, 0) is 37.9 Å². The molecule has 3 aromatic heterocycles. The van der Waals surface area contributed by atoms with Crippen LogP contribution in [0, 0.1) is 13.8 Å². The molecule has 4 rings (SSSR count). The normalized spacial score (nSPS) is 12.8. The first-order chi connectivity index (χ1) is 14.4. The molecule has 0 radical (unpaired) electrons. The Balaban J connectivity index is 1.40. The van der Waals surface area contributed by atoms with E-state index in [1.54, 1.807) is 29.0 Å². The summed E-state index contributed by atoms with van der Waals surface area (Å²) in [6.07, 6.45) is 4.35. The summed E-state index contributed by atoms with van der Waals surface area (Å²) in [4.78, 5) is 31.3. The molecule has 0 aromatic carbocycles. The van der Waals surface area contributed by atoms with Crippen molar-refractivity contribution < 1.29 is 14.1 Å². The van der Waals surface area contributed by atoms with Crippen molar-refractivity contribution in [3.63, 3.8) is 0 Å². The fraction of sp³-hybridized carbons (Fsp3) is 0.381. The molecule has 0 spiro atoms. The topological polar surface area (TPSA) is 106 Å². The fourth-order valence-electron chi connectivity index (χ4n) is 3.77. The number of hydrogen-bond acceptors (Lipinski definition) is 6. The Kier molecular flexibility index (Phi) is 5.35. The average molecular weight is 408 g/mol. The Morgan fingerprint density at radius 2 is 2.10 bits per heavy atom. The number of aromatic nitrogens is 4. The van der Waals surface area contributed by atoms with Crippen molar-refractivity contribution in [2.75, 3.05) is 0 Å². The van der Waals surface area contributed by atoms with Crippen molar-refractivity contribution in [1.29, 1.82) is 0 Å². The highest BCUT2D eigenvalue weighted by molar-refractivity contribution is 5.94. The molecule has 1 N–H and O–H groups in total. The molecular weight excluding hydrogens is 384 g/mol. The summed E-state index contributed by atoms with van der Waals surface area (Å²) in [7, 11) is 1.80. The van der Waals surface area contributed by atoms with Gasteiger partial charge in [-0.2, -0.15) is 5.10 Å². The molecule has 2 amide bonds. The van der Waals surface area contributed by atoms with Crippen LogP contribution < -0.4 is 5.32 Å². The Hall–Kier alpha value is -3.49. The van der Waals surface area contributed by atoms with E-state index in [1.807, 2.05) is 26.0 Å². The summed E-state index contributed by atoms with van der Waals surface area (Å²) in [5.41, 5.74) is 4.80. The van der Waals surface area contributed by atoms with Crippen LogP contribution in [0.15, 0.2) is 29.0 Å². The van der Waals surface area contributed by atoms with Crippen molar-refractivity contribution >= 4 is 11.8 Å². The van der Waals surface area contributed by atoms with Crippen LogP contribution in [0.3, 0.4) is 0 Å². The van der Waals surface area contributed by atoms with Gasteiger partial charge in [0.15, 0.2) is 5.69 Å². The summed E-state index contributed by atoms with van der Waals surface area (Å²) in [6.45, 7) is 4.95. The van der Waals surface area contributed by atoms with E-state index in [0.717, 1.165) is 33.8 Å². The lowest BCUT2D eigenvalue weighted by molar-refractivity contribution is -0.131. The van der Waals surface area contributed by atoms with Crippen LogP contribution in [0.1, 0.15) is 50.7 Å². The van der Waals surface area contributed by atoms with E-state index in [2.05, 4.69) is 20.6 Å². The number of aryl methyl sites for hydroxylation is 3. The van der Waals surface area contributed by atoms with Gasteiger partial charge in [0.1, 0.15) is 5.76 Å². The van der Waals surface area contributed by atoms with E-state index >= 15 is 0 Å². The van der Waals surface area contributed by atoms with Gasteiger partial charge in [0.25, 0.3) is 5.91 Å². The maximum atomic E-state index is 12.8. The molecule has 9 nitrogen and oxygen atoms in total.